The Bertz CT molecular complexity index is 584. The van der Waals surface area contributed by atoms with E-state index in [1.54, 1.807) is 12.1 Å². The lowest BCUT2D eigenvalue weighted by Gasteiger charge is -2.32. The van der Waals surface area contributed by atoms with E-state index in [9.17, 15) is 8.78 Å². The predicted molar refractivity (Wildman–Crippen MR) is 107 cm³/mol. The number of rotatable bonds is 7. The van der Waals surface area contributed by atoms with Crippen molar-refractivity contribution in [2.24, 2.45) is 17.8 Å². The van der Waals surface area contributed by atoms with Gasteiger partial charge in [0, 0.05) is 0 Å². The summed E-state index contributed by atoms with van der Waals surface area (Å²) >= 11 is 0. The van der Waals surface area contributed by atoms with Crippen molar-refractivity contribution >= 4 is 0 Å². The molecule has 2 aliphatic rings. The van der Waals surface area contributed by atoms with Gasteiger partial charge in [-0.1, -0.05) is 64.4 Å². The molecule has 152 valence electrons. The van der Waals surface area contributed by atoms with Crippen LogP contribution in [0.25, 0.3) is 0 Å². The van der Waals surface area contributed by atoms with Gasteiger partial charge < -0.3 is 4.74 Å². The molecule has 0 atom stereocenters. The van der Waals surface area contributed by atoms with Crippen molar-refractivity contribution in [2.75, 3.05) is 7.11 Å². The van der Waals surface area contributed by atoms with Crippen molar-refractivity contribution in [1.82, 2.24) is 0 Å². The molecule has 0 N–H and O–H groups in total. The average molecular weight is 379 g/mol. The van der Waals surface area contributed by atoms with E-state index in [1.807, 2.05) is 0 Å². The molecule has 1 aromatic rings. The lowest BCUT2D eigenvalue weighted by molar-refractivity contribution is 0.223. The topological polar surface area (TPSA) is 9.23 Å². The molecule has 2 aliphatic carbocycles. The summed E-state index contributed by atoms with van der Waals surface area (Å²) in [6.45, 7) is 2.30. The molecule has 0 spiro atoms. The highest BCUT2D eigenvalue weighted by Crippen LogP contribution is 2.41. The summed E-state index contributed by atoms with van der Waals surface area (Å²) in [4.78, 5) is 0. The number of hydrogen-bond acceptors (Lipinski definition) is 1. The fourth-order valence-corrected chi connectivity index (χ4v) is 5.47. The Morgan fingerprint density at radius 2 is 1.30 bits per heavy atom. The predicted octanol–water partition coefficient (Wildman–Crippen LogP) is 7.63. The minimum Gasteiger partial charge on any atom is -0.494 e. The van der Waals surface area contributed by atoms with Gasteiger partial charge in [-0.3, -0.25) is 0 Å². The van der Waals surface area contributed by atoms with Crippen LogP contribution in [0.4, 0.5) is 8.78 Å². The van der Waals surface area contributed by atoms with Gasteiger partial charge >= 0.3 is 0 Å². The molecule has 0 heterocycles. The van der Waals surface area contributed by atoms with Gasteiger partial charge in [-0.25, -0.2) is 4.39 Å². The van der Waals surface area contributed by atoms with E-state index in [4.69, 9.17) is 4.74 Å². The van der Waals surface area contributed by atoms with Gasteiger partial charge in [0.2, 0.25) is 5.82 Å². The molecule has 0 aromatic heterocycles. The molecular formula is C24H36F2O. The maximum Gasteiger partial charge on any atom is 0.200 e. The number of halogens is 2. The van der Waals surface area contributed by atoms with Gasteiger partial charge in [-0.15, -0.1) is 0 Å². The van der Waals surface area contributed by atoms with Crippen LogP contribution in [0.2, 0.25) is 0 Å². The first kappa shape index (κ1) is 20.6. The Morgan fingerprint density at radius 1 is 0.778 bits per heavy atom. The highest BCUT2D eigenvalue weighted by Gasteiger charge is 2.27. The second kappa shape index (κ2) is 9.89. The zero-order valence-corrected chi connectivity index (χ0v) is 17.1. The second-order valence-electron chi connectivity index (χ2n) is 8.96. The molecule has 0 radical (unpaired) electrons. The second-order valence-corrected chi connectivity index (χ2v) is 8.96. The van der Waals surface area contributed by atoms with Gasteiger partial charge in [0.1, 0.15) is 0 Å². The van der Waals surface area contributed by atoms with Crippen molar-refractivity contribution in [2.45, 2.75) is 89.9 Å². The molecule has 0 bridgehead atoms. The van der Waals surface area contributed by atoms with E-state index < -0.39 is 11.6 Å². The molecule has 2 saturated carbocycles. The molecule has 3 heteroatoms. The lowest BCUT2D eigenvalue weighted by Crippen LogP contribution is -2.18. The summed E-state index contributed by atoms with van der Waals surface area (Å²) in [7, 11) is 1.37. The third-order valence-corrected chi connectivity index (χ3v) is 7.23. The number of methoxy groups -OCH3 is 1. The molecule has 0 amide bonds. The zero-order valence-electron chi connectivity index (χ0n) is 17.1. The van der Waals surface area contributed by atoms with Crippen LogP contribution in [-0.2, 0) is 0 Å². The van der Waals surface area contributed by atoms with Crippen LogP contribution in [0.3, 0.4) is 0 Å². The van der Waals surface area contributed by atoms with Crippen molar-refractivity contribution in [1.29, 1.82) is 0 Å². The van der Waals surface area contributed by atoms with E-state index in [-0.39, 0.29) is 11.7 Å². The van der Waals surface area contributed by atoms with Crippen LogP contribution in [0, 0.1) is 29.4 Å². The molecule has 2 fully saturated rings. The average Bonchev–Trinajstić information content (AvgIpc) is 2.70. The summed E-state index contributed by atoms with van der Waals surface area (Å²) in [5, 5.41) is 0. The van der Waals surface area contributed by atoms with E-state index >= 15 is 0 Å². The Kier molecular flexibility index (Phi) is 7.55. The minimum atomic E-state index is -0.837. The third kappa shape index (κ3) is 5.23. The Labute approximate surface area is 163 Å². The van der Waals surface area contributed by atoms with Gasteiger partial charge in [-0.05, 0) is 61.0 Å². The lowest BCUT2D eigenvalue weighted by atomic mass is 9.74. The van der Waals surface area contributed by atoms with Crippen LogP contribution in [0.5, 0.6) is 5.75 Å². The van der Waals surface area contributed by atoms with Crippen LogP contribution < -0.4 is 4.74 Å². The van der Waals surface area contributed by atoms with Gasteiger partial charge in [0.15, 0.2) is 11.6 Å². The van der Waals surface area contributed by atoms with E-state index in [1.165, 1.54) is 58.5 Å². The first-order valence-corrected chi connectivity index (χ1v) is 11.1. The maximum atomic E-state index is 14.4. The first-order valence-electron chi connectivity index (χ1n) is 11.1. The van der Waals surface area contributed by atoms with E-state index in [0.717, 1.165) is 43.4 Å². The van der Waals surface area contributed by atoms with E-state index in [0.29, 0.717) is 5.56 Å². The zero-order chi connectivity index (χ0) is 19.2. The summed E-state index contributed by atoms with van der Waals surface area (Å²) in [5.41, 5.74) is 0.543. The molecule has 0 unspecified atom stereocenters. The molecule has 0 aliphatic heterocycles. The molecule has 0 saturated heterocycles. The summed E-state index contributed by atoms with van der Waals surface area (Å²) in [6, 6.07) is 3.28. The van der Waals surface area contributed by atoms with Gasteiger partial charge in [0.25, 0.3) is 0 Å². The van der Waals surface area contributed by atoms with Crippen molar-refractivity contribution in [3.63, 3.8) is 0 Å². The van der Waals surface area contributed by atoms with Crippen molar-refractivity contribution in [3.05, 3.63) is 29.3 Å². The van der Waals surface area contributed by atoms with Crippen molar-refractivity contribution < 1.29 is 13.5 Å². The number of benzene rings is 1. The smallest absolute Gasteiger partial charge is 0.200 e. The quantitative estimate of drug-likeness (QED) is 0.474. The molecular weight excluding hydrogens is 342 g/mol. The van der Waals surface area contributed by atoms with Crippen LogP contribution in [-0.4, -0.2) is 7.11 Å². The molecule has 27 heavy (non-hydrogen) atoms. The number of ether oxygens (including phenoxy) is 1. The molecule has 1 aromatic carbocycles. The largest absolute Gasteiger partial charge is 0.494 e. The Hall–Kier alpha value is -1.12. The monoisotopic (exact) mass is 378 g/mol. The number of hydrogen-bond donors (Lipinski definition) is 0. The fraction of sp³-hybridized carbons (Fsp3) is 0.750. The Balaban J connectivity index is 1.43. The van der Waals surface area contributed by atoms with Crippen molar-refractivity contribution in [3.8, 4) is 5.75 Å². The van der Waals surface area contributed by atoms with Crippen LogP contribution in [0.1, 0.15) is 95.5 Å². The highest BCUT2D eigenvalue weighted by atomic mass is 19.2. The molecule has 3 rings (SSSR count). The maximum absolute atomic E-state index is 14.4. The normalized spacial score (nSPS) is 28.9. The third-order valence-electron chi connectivity index (χ3n) is 7.23. The summed E-state index contributed by atoms with van der Waals surface area (Å²) in [6.07, 6.45) is 15.5. The highest BCUT2D eigenvalue weighted by molar-refractivity contribution is 5.33. The summed E-state index contributed by atoms with van der Waals surface area (Å²) < 4.78 is 33.2. The van der Waals surface area contributed by atoms with E-state index in [2.05, 4.69) is 6.92 Å². The first-order chi connectivity index (χ1) is 13.1. The standard InChI is InChI=1S/C24H36F2O/c1-3-4-17-5-7-18(8-6-17)9-10-19-11-13-20(14-12-19)21-15-16-22(27-2)24(26)23(21)25/h15-20H,3-14H2,1-2H3. The minimum absolute atomic E-state index is 0.00130. The van der Waals surface area contributed by atoms with Gasteiger partial charge in [0.05, 0.1) is 7.11 Å². The summed E-state index contributed by atoms with van der Waals surface area (Å²) in [5.74, 6) is 1.31. The fourth-order valence-electron chi connectivity index (χ4n) is 5.47. The Morgan fingerprint density at radius 3 is 1.81 bits per heavy atom. The van der Waals surface area contributed by atoms with Crippen LogP contribution in [0.15, 0.2) is 12.1 Å². The molecule has 1 nitrogen and oxygen atoms in total. The SMILES string of the molecule is CCCC1CCC(CCC2CCC(c3ccc(OC)c(F)c3F)CC2)CC1. The van der Waals surface area contributed by atoms with Crippen LogP contribution >= 0.6 is 0 Å². The van der Waals surface area contributed by atoms with Gasteiger partial charge in [-0.2, -0.15) is 4.39 Å².